The smallest absolute Gasteiger partial charge is 0.237 e. The van der Waals surface area contributed by atoms with Crippen molar-refractivity contribution in [1.82, 2.24) is 19.9 Å². The Kier molecular flexibility index (Phi) is 5.13. The third-order valence-electron chi connectivity index (χ3n) is 3.34. The largest absolute Gasteiger partial charge is 0.338 e. The van der Waals surface area contributed by atoms with Crippen LogP contribution < -0.4 is 5.32 Å². The van der Waals surface area contributed by atoms with Crippen LogP contribution in [0.5, 0.6) is 0 Å². The second-order valence-corrected chi connectivity index (χ2v) is 6.49. The molecule has 7 nitrogen and oxygen atoms in total. The molecule has 1 N–H and O–H groups in total. The number of thioether (sulfide) groups is 1. The quantitative estimate of drug-likeness (QED) is 0.678. The molecular formula is C16H16FN5O2S. The van der Waals surface area contributed by atoms with Gasteiger partial charge in [-0.1, -0.05) is 42.9 Å². The molecule has 0 saturated carbocycles. The molecule has 0 aliphatic rings. The summed E-state index contributed by atoms with van der Waals surface area (Å²) < 4.78 is 20.5. The maximum atomic E-state index is 13.9. The van der Waals surface area contributed by atoms with E-state index in [9.17, 15) is 9.18 Å². The van der Waals surface area contributed by atoms with Crippen molar-refractivity contribution >= 4 is 23.6 Å². The molecule has 0 saturated heterocycles. The highest BCUT2D eigenvalue weighted by Crippen LogP contribution is 2.22. The SMILES string of the molecule is CC(C)c1cc(NC(=O)CSc2nncn2-c2ccccc2F)on1. The third-order valence-corrected chi connectivity index (χ3v) is 4.29. The fraction of sp³-hybridized carbons (Fsp3) is 0.250. The zero-order valence-electron chi connectivity index (χ0n) is 13.6. The Morgan fingerprint density at radius 2 is 2.20 bits per heavy atom. The van der Waals surface area contributed by atoms with Crippen LogP contribution in [-0.2, 0) is 4.79 Å². The molecule has 0 bridgehead atoms. The maximum absolute atomic E-state index is 13.9. The molecule has 2 heterocycles. The van der Waals surface area contributed by atoms with Crippen LogP contribution in [0.2, 0.25) is 0 Å². The standard InChI is InChI=1S/C16H16FN5O2S/c1-10(2)12-7-15(24-21-12)19-14(23)8-25-16-20-18-9-22(16)13-6-4-3-5-11(13)17/h3-7,9-10H,8H2,1-2H3,(H,19,23). The van der Waals surface area contributed by atoms with Gasteiger partial charge in [-0.25, -0.2) is 4.39 Å². The number of rotatable bonds is 6. The molecule has 0 unspecified atom stereocenters. The number of hydrogen-bond donors (Lipinski definition) is 1. The van der Waals surface area contributed by atoms with Crippen molar-refractivity contribution in [2.45, 2.75) is 24.9 Å². The number of nitrogens with one attached hydrogen (secondary N) is 1. The van der Waals surface area contributed by atoms with E-state index in [1.54, 1.807) is 24.3 Å². The van der Waals surface area contributed by atoms with Gasteiger partial charge in [0.1, 0.15) is 12.1 Å². The fourth-order valence-electron chi connectivity index (χ4n) is 2.06. The minimum atomic E-state index is -0.392. The summed E-state index contributed by atoms with van der Waals surface area (Å²) in [5.41, 5.74) is 1.09. The van der Waals surface area contributed by atoms with Gasteiger partial charge in [0.2, 0.25) is 11.8 Å². The second kappa shape index (κ2) is 7.47. The molecule has 0 atom stereocenters. The molecule has 130 valence electrons. The van der Waals surface area contributed by atoms with Crippen LogP contribution in [0.25, 0.3) is 5.69 Å². The summed E-state index contributed by atoms with van der Waals surface area (Å²) >= 11 is 1.15. The van der Waals surface area contributed by atoms with Crippen LogP contribution in [0.4, 0.5) is 10.3 Å². The summed E-state index contributed by atoms with van der Waals surface area (Å²) in [7, 11) is 0. The molecule has 25 heavy (non-hydrogen) atoms. The van der Waals surface area contributed by atoms with Gasteiger partial charge in [0, 0.05) is 6.07 Å². The zero-order chi connectivity index (χ0) is 17.8. The van der Waals surface area contributed by atoms with Crippen molar-refractivity contribution in [3.63, 3.8) is 0 Å². The maximum Gasteiger partial charge on any atom is 0.237 e. The minimum absolute atomic E-state index is 0.0743. The van der Waals surface area contributed by atoms with Crippen LogP contribution in [-0.4, -0.2) is 31.6 Å². The number of halogens is 1. The molecule has 1 amide bonds. The lowest BCUT2D eigenvalue weighted by atomic mass is 10.1. The Morgan fingerprint density at radius 1 is 1.40 bits per heavy atom. The van der Waals surface area contributed by atoms with E-state index < -0.39 is 5.82 Å². The number of para-hydroxylation sites is 1. The summed E-state index contributed by atoms with van der Waals surface area (Å²) in [5, 5.41) is 14.6. The first-order chi connectivity index (χ1) is 12.0. The van der Waals surface area contributed by atoms with E-state index in [4.69, 9.17) is 4.52 Å². The van der Waals surface area contributed by atoms with E-state index in [0.29, 0.717) is 16.7 Å². The van der Waals surface area contributed by atoms with Crippen LogP contribution in [0.3, 0.4) is 0 Å². The van der Waals surface area contributed by atoms with Gasteiger partial charge in [0.25, 0.3) is 0 Å². The monoisotopic (exact) mass is 361 g/mol. The Hall–Kier alpha value is -2.68. The molecule has 0 aliphatic carbocycles. The third kappa shape index (κ3) is 4.05. The summed E-state index contributed by atoms with van der Waals surface area (Å²) in [5.74, 6) is -0.0887. The van der Waals surface area contributed by atoms with Crippen LogP contribution in [0, 0.1) is 5.82 Å². The summed E-state index contributed by atoms with van der Waals surface area (Å²) in [4.78, 5) is 12.1. The Balaban J connectivity index is 1.63. The Bertz CT molecular complexity index is 877. The number of amides is 1. The van der Waals surface area contributed by atoms with E-state index in [0.717, 1.165) is 17.5 Å². The van der Waals surface area contributed by atoms with Gasteiger partial charge < -0.3 is 4.52 Å². The normalized spacial score (nSPS) is 11.0. The van der Waals surface area contributed by atoms with E-state index >= 15 is 0 Å². The highest BCUT2D eigenvalue weighted by molar-refractivity contribution is 7.99. The number of carbonyl (C=O) groups excluding carboxylic acids is 1. The molecule has 3 rings (SSSR count). The molecule has 0 fully saturated rings. The topological polar surface area (TPSA) is 85.8 Å². The number of aromatic nitrogens is 4. The van der Waals surface area contributed by atoms with Crippen LogP contribution in [0.1, 0.15) is 25.5 Å². The second-order valence-electron chi connectivity index (χ2n) is 5.54. The lowest BCUT2D eigenvalue weighted by Gasteiger charge is -2.06. The molecule has 0 spiro atoms. The zero-order valence-corrected chi connectivity index (χ0v) is 14.5. The van der Waals surface area contributed by atoms with Gasteiger partial charge in [-0.15, -0.1) is 10.2 Å². The molecule has 0 radical (unpaired) electrons. The highest BCUT2D eigenvalue weighted by Gasteiger charge is 2.14. The lowest BCUT2D eigenvalue weighted by Crippen LogP contribution is -2.14. The van der Waals surface area contributed by atoms with Gasteiger partial charge in [-0.2, -0.15) is 0 Å². The molecule has 1 aromatic carbocycles. The average molecular weight is 361 g/mol. The first-order valence-electron chi connectivity index (χ1n) is 7.59. The van der Waals surface area contributed by atoms with Crippen molar-refractivity contribution < 1.29 is 13.7 Å². The lowest BCUT2D eigenvalue weighted by molar-refractivity contribution is -0.113. The van der Waals surface area contributed by atoms with Gasteiger partial charge in [-0.3, -0.25) is 14.7 Å². The van der Waals surface area contributed by atoms with Crippen molar-refractivity contribution in [3.05, 3.63) is 48.2 Å². The highest BCUT2D eigenvalue weighted by atomic mass is 32.2. The predicted octanol–water partition coefficient (Wildman–Crippen LogP) is 3.25. The van der Waals surface area contributed by atoms with E-state index in [-0.39, 0.29) is 17.6 Å². The molecule has 3 aromatic rings. The van der Waals surface area contributed by atoms with Crippen LogP contribution in [0.15, 0.2) is 46.3 Å². The first kappa shape index (κ1) is 17.2. The molecule has 9 heteroatoms. The van der Waals surface area contributed by atoms with Crippen molar-refractivity contribution in [2.24, 2.45) is 0 Å². The van der Waals surface area contributed by atoms with Crippen molar-refractivity contribution in [1.29, 1.82) is 0 Å². The molecule has 0 aliphatic heterocycles. The van der Waals surface area contributed by atoms with Gasteiger partial charge in [0.15, 0.2) is 5.16 Å². The fourth-order valence-corrected chi connectivity index (χ4v) is 2.78. The predicted molar refractivity (Wildman–Crippen MR) is 91.3 cm³/mol. The summed E-state index contributed by atoms with van der Waals surface area (Å²) in [6, 6.07) is 7.98. The number of carbonyl (C=O) groups is 1. The summed E-state index contributed by atoms with van der Waals surface area (Å²) in [6.07, 6.45) is 1.41. The van der Waals surface area contributed by atoms with Gasteiger partial charge in [0.05, 0.1) is 17.1 Å². The number of hydrogen-bond acceptors (Lipinski definition) is 6. The average Bonchev–Trinajstić information content (AvgIpc) is 3.22. The Morgan fingerprint density at radius 3 is 2.92 bits per heavy atom. The summed E-state index contributed by atoms with van der Waals surface area (Å²) in [6.45, 7) is 3.96. The van der Waals surface area contributed by atoms with Crippen LogP contribution >= 0.6 is 11.8 Å². The van der Waals surface area contributed by atoms with Crippen molar-refractivity contribution in [2.75, 3.05) is 11.1 Å². The van der Waals surface area contributed by atoms with E-state index in [2.05, 4.69) is 20.7 Å². The van der Waals surface area contributed by atoms with E-state index in [1.807, 2.05) is 13.8 Å². The number of nitrogens with zero attached hydrogens (tertiary/aromatic N) is 4. The minimum Gasteiger partial charge on any atom is -0.338 e. The van der Waals surface area contributed by atoms with Gasteiger partial charge >= 0.3 is 0 Å². The van der Waals surface area contributed by atoms with E-state index in [1.165, 1.54) is 17.0 Å². The number of anilines is 1. The number of benzene rings is 1. The van der Waals surface area contributed by atoms with Crippen molar-refractivity contribution in [3.8, 4) is 5.69 Å². The molecule has 2 aromatic heterocycles. The van der Waals surface area contributed by atoms with Gasteiger partial charge in [-0.05, 0) is 18.1 Å². The molecular weight excluding hydrogens is 345 g/mol. The first-order valence-corrected chi connectivity index (χ1v) is 8.57. The Labute approximate surface area is 147 Å².